The van der Waals surface area contributed by atoms with E-state index in [4.69, 9.17) is 28.3 Å². The Morgan fingerprint density at radius 2 is 1.95 bits per heavy atom. The molecule has 0 bridgehead atoms. The van der Waals surface area contributed by atoms with Crippen LogP contribution in [0.25, 0.3) is 10.9 Å². The molecule has 0 fully saturated rings. The van der Waals surface area contributed by atoms with Crippen LogP contribution in [0, 0.1) is 5.82 Å². The van der Waals surface area contributed by atoms with Crippen LogP contribution in [0.2, 0.25) is 10.0 Å². The van der Waals surface area contributed by atoms with Crippen LogP contribution >= 0.6 is 46.7 Å². The molecule has 1 aliphatic rings. The lowest BCUT2D eigenvalue weighted by Crippen LogP contribution is -2.32. The second-order valence-electron chi connectivity index (χ2n) is 7.86. The van der Waals surface area contributed by atoms with Crippen molar-refractivity contribution in [2.24, 2.45) is 5.10 Å². The smallest absolute Gasteiger partial charge is 0.317 e. The lowest BCUT2D eigenvalue weighted by atomic mass is 10.2. The summed E-state index contributed by atoms with van der Waals surface area (Å²) in [6.45, 7) is 0.0661. The number of carboxylic acids is 2. The van der Waals surface area contributed by atoms with Crippen molar-refractivity contribution in [1.29, 1.82) is 0 Å². The van der Waals surface area contributed by atoms with E-state index in [0.717, 1.165) is 17.8 Å². The van der Waals surface area contributed by atoms with E-state index in [1.165, 1.54) is 29.2 Å². The Kier molecular flexibility index (Phi) is 8.99. The molecule has 200 valence electrons. The molecule has 0 aliphatic carbocycles. The summed E-state index contributed by atoms with van der Waals surface area (Å²) < 4.78 is 14.8. The molecule has 1 aliphatic heterocycles. The number of rotatable bonds is 10. The summed E-state index contributed by atoms with van der Waals surface area (Å²) >= 11 is 14.0. The van der Waals surface area contributed by atoms with Gasteiger partial charge in [-0.2, -0.15) is 5.10 Å². The molecule has 0 amide bonds. The Hall–Kier alpha value is -3.04. The highest BCUT2D eigenvalue weighted by Crippen LogP contribution is 2.33. The van der Waals surface area contributed by atoms with Gasteiger partial charge in [0.2, 0.25) is 0 Å². The molecule has 0 spiro atoms. The van der Waals surface area contributed by atoms with Crippen LogP contribution < -0.4 is 10.6 Å². The molecule has 2 aromatic carbocycles. The Labute approximate surface area is 233 Å². The first-order valence-electron chi connectivity index (χ1n) is 10.8. The van der Waals surface area contributed by atoms with Crippen LogP contribution in [-0.2, 0) is 9.59 Å². The van der Waals surface area contributed by atoms with Crippen LogP contribution in [0.5, 0.6) is 0 Å². The fourth-order valence-corrected chi connectivity index (χ4v) is 5.76. The van der Waals surface area contributed by atoms with Gasteiger partial charge in [-0.3, -0.25) is 14.6 Å². The number of hydrogen-bond acceptors (Lipinski definition) is 11. The fourth-order valence-electron chi connectivity index (χ4n) is 3.34. The van der Waals surface area contributed by atoms with E-state index < -0.39 is 35.7 Å². The quantitative estimate of drug-likeness (QED) is 0.164. The van der Waals surface area contributed by atoms with E-state index in [0.29, 0.717) is 32.7 Å². The molecular weight excluding hydrogens is 582 g/mol. The van der Waals surface area contributed by atoms with Crippen LogP contribution in [0.1, 0.15) is 6.42 Å². The highest BCUT2D eigenvalue weighted by atomic mass is 35.5. The Balaban J connectivity index is 1.44. The molecule has 1 aromatic heterocycles. The average molecular weight is 601 g/mol. The molecule has 0 saturated carbocycles. The van der Waals surface area contributed by atoms with Gasteiger partial charge >= 0.3 is 11.9 Å². The number of hydrogen-bond donors (Lipinski definition) is 5. The van der Waals surface area contributed by atoms with E-state index in [1.54, 1.807) is 18.2 Å². The highest BCUT2D eigenvalue weighted by Gasteiger charge is 2.27. The van der Waals surface area contributed by atoms with Gasteiger partial charge in [-0.25, -0.2) is 14.4 Å². The minimum Gasteiger partial charge on any atom is -0.481 e. The standard InChI is InChI=1S/C22H19Cl2FN6O5S2/c23-12-4-14(25)16(5-13(12)24)29-20-11-3-10(1-2-15(11)26-8-27-20)28-18(32)7-31-9-37-22(30-31)38-17(21(35)36)6-19(33)34/h1-5,8,17-18,28,32H,6-7,9H2,(H,33,34)(H,35,36)(H,26,27,29). The van der Waals surface area contributed by atoms with Gasteiger partial charge in [-0.05, 0) is 30.3 Å². The summed E-state index contributed by atoms with van der Waals surface area (Å²) in [5.41, 5.74) is 1.17. The van der Waals surface area contributed by atoms with E-state index in [2.05, 4.69) is 25.7 Å². The number of aromatic nitrogens is 2. The van der Waals surface area contributed by atoms with E-state index >= 15 is 0 Å². The summed E-state index contributed by atoms with van der Waals surface area (Å²) in [4.78, 5) is 30.6. The molecule has 2 atom stereocenters. The van der Waals surface area contributed by atoms with Crippen molar-refractivity contribution in [2.45, 2.75) is 17.9 Å². The number of halogens is 3. The number of aliphatic hydroxyl groups is 1. The maximum absolute atomic E-state index is 14.4. The number of benzene rings is 2. The lowest BCUT2D eigenvalue weighted by molar-refractivity contribution is -0.142. The second kappa shape index (κ2) is 12.2. The maximum atomic E-state index is 14.4. The number of thioether (sulfide) groups is 2. The van der Waals surface area contributed by atoms with Crippen LogP contribution in [0.15, 0.2) is 41.8 Å². The summed E-state index contributed by atoms with van der Waals surface area (Å²) in [6.07, 6.45) is -0.278. The van der Waals surface area contributed by atoms with Crippen LogP contribution in [0.4, 0.5) is 21.6 Å². The predicted molar refractivity (Wildman–Crippen MR) is 147 cm³/mol. The summed E-state index contributed by atoms with van der Waals surface area (Å²) in [5.74, 6) is -2.41. The largest absolute Gasteiger partial charge is 0.481 e. The van der Waals surface area contributed by atoms with Gasteiger partial charge in [0.05, 0.1) is 40.1 Å². The monoisotopic (exact) mass is 600 g/mol. The molecular formula is C22H19Cl2FN6O5S2. The number of fused-ring (bicyclic) bond motifs is 1. The zero-order valence-electron chi connectivity index (χ0n) is 19.1. The molecule has 2 unspecified atom stereocenters. The van der Waals surface area contributed by atoms with Gasteiger partial charge in [0.15, 0.2) is 4.38 Å². The summed E-state index contributed by atoms with van der Waals surface area (Å²) in [7, 11) is 0. The summed E-state index contributed by atoms with van der Waals surface area (Å²) in [5, 5.41) is 39.9. The van der Waals surface area contributed by atoms with E-state index in [1.807, 2.05) is 0 Å². The lowest BCUT2D eigenvalue weighted by Gasteiger charge is -2.20. The number of nitrogens with zero attached hydrogens (tertiary/aromatic N) is 4. The molecule has 4 rings (SSSR count). The van der Waals surface area contributed by atoms with Gasteiger partial charge in [-0.15, -0.1) is 0 Å². The van der Waals surface area contributed by atoms with Crippen molar-refractivity contribution < 1.29 is 29.3 Å². The minimum absolute atomic E-state index is 0.0661. The average Bonchev–Trinajstić information content (AvgIpc) is 3.28. The number of nitrogens with one attached hydrogen (secondary N) is 2. The van der Waals surface area contributed by atoms with Crippen molar-refractivity contribution >= 4 is 91.1 Å². The molecule has 5 N–H and O–H groups in total. The Bertz CT molecular complexity index is 1420. The third-order valence-corrected chi connectivity index (χ3v) is 8.11. The molecule has 16 heteroatoms. The fraction of sp³-hybridized carbons (Fsp3) is 0.227. The van der Waals surface area contributed by atoms with E-state index in [9.17, 15) is 24.2 Å². The molecule has 3 aromatic rings. The molecule has 0 saturated heterocycles. The number of carbonyl (C=O) groups is 2. The van der Waals surface area contributed by atoms with Crippen molar-refractivity contribution in [3.8, 4) is 0 Å². The Morgan fingerprint density at radius 3 is 2.68 bits per heavy atom. The first-order chi connectivity index (χ1) is 18.1. The predicted octanol–water partition coefficient (Wildman–Crippen LogP) is 4.49. The zero-order chi connectivity index (χ0) is 27.4. The highest BCUT2D eigenvalue weighted by molar-refractivity contribution is 8.39. The SMILES string of the molecule is O=C(O)CC(SC1=NN(CC(O)Nc2ccc3ncnc(Nc4cc(Cl)c(Cl)cc4F)c3c2)CS1)C(=O)O. The number of carboxylic acid groups (broad SMARTS) is 2. The summed E-state index contributed by atoms with van der Waals surface area (Å²) in [6, 6.07) is 7.53. The zero-order valence-corrected chi connectivity index (χ0v) is 22.3. The number of anilines is 3. The van der Waals surface area contributed by atoms with Gasteiger partial charge in [0, 0.05) is 11.1 Å². The van der Waals surface area contributed by atoms with Gasteiger partial charge in [0.1, 0.15) is 29.4 Å². The molecule has 11 nitrogen and oxygen atoms in total. The van der Waals surface area contributed by atoms with Crippen molar-refractivity contribution in [3.63, 3.8) is 0 Å². The number of aliphatic carboxylic acids is 2. The van der Waals surface area contributed by atoms with Crippen molar-refractivity contribution in [3.05, 3.63) is 52.5 Å². The molecule has 38 heavy (non-hydrogen) atoms. The number of β-amino-alcohol motifs (C(OH)–C–C–N with tert-alkyl or cyclic N) is 1. The van der Waals surface area contributed by atoms with Crippen molar-refractivity contribution in [1.82, 2.24) is 15.0 Å². The number of hydrazone groups is 1. The number of aliphatic hydroxyl groups excluding tert-OH is 1. The van der Waals surface area contributed by atoms with Crippen LogP contribution in [0.3, 0.4) is 0 Å². The van der Waals surface area contributed by atoms with Crippen LogP contribution in [-0.4, -0.2) is 70.5 Å². The minimum atomic E-state index is -1.24. The molecule has 0 radical (unpaired) electrons. The van der Waals surface area contributed by atoms with Gasteiger partial charge < -0.3 is 26.0 Å². The van der Waals surface area contributed by atoms with Gasteiger partial charge in [-0.1, -0.05) is 46.7 Å². The third kappa shape index (κ3) is 7.08. The Morgan fingerprint density at radius 1 is 1.18 bits per heavy atom. The van der Waals surface area contributed by atoms with Gasteiger partial charge in [0.25, 0.3) is 0 Å². The van der Waals surface area contributed by atoms with E-state index in [-0.39, 0.29) is 22.3 Å². The first-order valence-corrected chi connectivity index (χ1v) is 13.4. The van der Waals surface area contributed by atoms with Crippen molar-refractivity contribution in [2.75, 3.05) is 23.1 Å². The maximum Gasteiger partial charge on any atom is 0.317 e. The second-order valence-corrected chi connectivity index (χ2v) is 11.1. The third-order valence-electron chi connectivity index (χ3n) is 5.05. The normalized spacial score (nSPS) is 14.7. The first kappa shape index (κ1) is 28.0. The molecule has 2 heterocycles. The topological polar surface area (TPSA) is 160 Å².